The van der Waals surface area contributed by atoms with E-state index in [1.54, 1.807) is 0 Å². The van der Waals surface area contributed by atoms with Crippen LogP contribution in [0.25, 0.3) is 0 Å². The molecule has 0 radical (unpaired) electrons. The quantitative estimate of drug-likeness (QED) is 0.573. The van der Waals surface area contributed by atoms with Crippen molar-refractivity contribution < 1.29 is 9.53 Å². The smallest absolute Gasteiger partial charge is 0.226 e. The molecule has 2 aromatic carbocycles. The van der Waals surface area contributed by atoms with E-state index in [-0.39, 0.29) is 11.9 Å². The van der Waals surface area contributed by atoms with Crippen LogP contribution in [0.4, 0.5) is 0 Å². The summed E-state index contributed by atoms with van der Waals surface area (Å²) in [6, 6.07) is 16.5. The van der Waals surface area contributed by atoms with Crippen molar-refractivity contribution in [3.63, 3.8) is 0 Å². The Hall–Kier alpha value is -2.29. The highest BCUT2D eigenvalue weighted by atomic mass is 16.5. The van der Waals surface area contributed by atoms with Crippen molar-refractivity contribution in [1.82, 2.24) is 5.32 Å². The van der Waals surface area contributed by atoms with E-state index < -0.39 is 5.41 Å². The molecule has 2 aromatic rings. The van der Waals surface area contributed by atoms with Crippen LogP contribution < -0.4 is 10.1 Å². The summed E-state index contributed by atoms with van der Waals surface area (Å²) in [6.45, 7) is 10.9. The number of carbonyl (C=O) groups excluding carboxylic acids is 1. The number of benzene rings is 2. The molecule has 0 aliphatic carbocycles. The lowest BCUT2D eigenvalue weighted by Gasteiger charge is -2.27. The first-order valence-corrected chi connectivity index (χ1v) is 9.89. The van der Waals surface area contributed by atoms with Gasteiger partial charge in [0.15, 0.2) is 0 Å². The normalized spacial score (nSPS) is 12.5. The van der Waals surface area contributed by atoms with Gasteiger partial charge in [-0.2, -0.15) is 0 Å². The minimum absolute atomic E-state index is 0.0594. The van der Waals surface area contributed by atoms with Crippen molar-refractivity contribution in [2.75, 3.05) is 6.61 Å². The van der Waals surface area contributed by atoms with Gasteiger partial charge in [0, 0.05) is 5.41 Å². The Morgan fingerprint density at radius 1 is 1.11 bits per heavy atom. The van der Waals surface area contributed by atoms with Gasteiger partial charge in [0.25, 0.3) is 0 Å². The molecule has 27 heavy (non-hydrogen) atoms. The minimum Gasteiger partial charge on any atom is -0.493 e. The van der Waals surface area contributed by atoms with Crippen molar-refractivity contribution in [3.8, 4) is 5.75 Å². The molecule has 1 unspecified atom stereocenters. The average Bonchev–Trinajstić information content (AvgIpc) is 2.66. The second kappa shape index (κ2) is 9.59. The standard InChI is InChI=1S/C24H33NO2/c1-6-21(20-11-8-7-9-12-20)25-23(26)24(4,5)15-10-16-27-22-17-18(2)13-14-19(22)3/h7-9,11-14,17,21H,6,10,15-16H2,1-5H3,(H,25,26). The lowest BCUT2D eigenvalue weighted by atomic mass is 9.86. The van der Waals surface area contributed by atoms with Gasteiger partial charge in [-0.3, -0.25) is 4.79 Å². The maximum atomic E-state index is 12.8. The number of carbonyl (C=O) groups is 1. The zero-order valence-corrected chi connectivity index (χ0v) is 17.3. The van der Waals surface area contributed by atoms with E-state index in [1.807, 2.05) is 32.0 Å². The van der Waals surface area contributed by atoms with E-state index in [9.17, 15) is 4.79 Å². The van der Waals surface area contributed by atoms with Crippen LogP contribution in [0.2, 0.25) is 0 Å². The summed E-state index contributed by atoms with van der Waals surface area (Å²) in [7, 11) is 0. The van der Waals surface area contributed by atoms with E-state index in [0.29, 0.717) is 6.61 Å². The predicted molar refractivity (Wildman–Crippen MR) is 112 cm³/mol. The molecular weight excluding hydrogens is 334 g/mol. The highest BCUT2D eigenvalue weighted by molar-refractivity contribution is 5.82. The van der Waals surface area contributed by atoms with Gasteiger partial charge in [-0.15, -0.1) is 0 Å². The van der Waals surface area contributed by atoms with Gasteiger partial charge in [-0.25, -0.2) is 0 Å². The van der Waals surface area contributed by atoms with Crippen LogP contribution in [0.1, 0.15) is 62.8 Å². The lowest BCUT2D eigenvalue weighted by Crippen LogP contribution is -2.39. The van der Waals surface area contributed by atoms with Crippen LogP contribution in [-0.4, -0.2) is 12.5 Å². The molecule has 2 rings (SSSR count). The largest absolute Gasteiger partial charge is 0.493 e. The van der Waals surface area contributed by atoms with Gasteiger partial charge in [0.2, 0.25) is 5.91 Å². The summed E-state index contributed by atoms with van der Waals surface area (Å²) in [5.41, 5.74) is 3.07. The number of aryl methyl sites for hydroxylation is 2. The first-order chi connectivity index (χ1) is 12.8. The van der Waals surface area contributed by atoms with Crippen molar-refractivity contribution in [2.24, 2.45) is 5.41 Å². The van der Waals surface area contributed by atoms with Crippen LogP contribution in [0.3, 0.4) is 0 Å². The molecule has 0 heterocycles. The third kappa shape index (κ3) is 6.13. The SMILES string of the molecule is CCC(NC(=O)C(C)(C)CCCOc1cc(C)ccc1C)c1ccccc1. The molecule has 0 aliphatic rings. The highest BCUT2D eigenvalue weighted by Gasteiger charge is 2.28. The third-order valence-corrected chi connectivity index (χ3v) is 5.08. The minimum atomic E-state index is -0.423. The fourth-order valence-electron chi connectivity index (χ4n) is 3.13. The zero-order valence-electron chi connectivity index (χ0n) is 17.3. The van der Waals surface area contributed by atoms with Gasteiger partial charge in [0.05, 0.1) is 12.6 Å². The summed E-state index contributed by atoms with van der Waals surface area (Å²) < 4.78 is 5.93. The maximum absolute atomic E-state index is 12.8. The molecule has 0 fully saturated rings. The van der Waals surface area contributed by atoms with Crippen molar-refractivity contribution >= 4 is 5.91 Å². The molecule has 1 amide bonds. The van der Waals surface area contributed by atoms with Gasteiger partial charge >= 0.3 is 0 Å². The zero-order chi connectivity index (χ0) is 19.9. The molecule has 3 heteroatoms. The molecule has 1 atom stereocenters. The monoisotopic (exact) mass is 367 g/mol. The molecule has 0 saturated carbocycles. The molecular formula is C24H33NO2. The van der Waals surface area contributed by atoms with Gasteiger partial charge in [-0.05, 0) is 55.9 Å². The van der Waals surface area contributed by atoms with E-state index in [4.69, 9.17) is 4.74 Å². The average molecular weight is 368 g/mol. The van der Waals surface area contributed by atoms with Crippen LogP contribution in [0.15, 0.2) is 48.5 Å². The Morgan fingerprint density at radius 3 is 2.48 bits per heavy atom. The van der Waals surface area contributed by atoms with E-state index >= 15 is 0 Å². The van der Waals surface area contributed by atoms with Gasteiger partial charge in [0.1, 0.15) is 5.75 Å². The van der Waals surface area contributed by atoms with Crippen molar-refractivity contribution in [3.05, 3.63) is 65.2 Å². The van der Waals surface area contributed by atoms with E-state index in [2.05, 4.69) is 56.4 Å². The van der Waals surface area contributed by atoms with Gasteiger partial charge < -0.3 is 10.1 Å². The van der Waals surface area contributed by atoms with E-state index in [0.717, 1.165) is 36.1 Å². The molecule has 0 spiro atoms. The number of hydrogen-bond donors (Lipinski definition) is 1. The molecule has 3 nitrogen and oxygen atoms in total. The summed E-state index contributed by atoms with van der Waals surface area (Å²) in [5.74, 6) is 1.04. The van der Waals surface area contributed by atoms with Gasteiger partial charge in [-0.1, -0.05) is 63.2 Å². The number of nitrogens with one attached hydrogen (secondary N) is 1. The summed E-state index contributed by atoms with van der Waals surface area (Å²) in [5, 5.41) is 3.22. The Kier molecular flexibility index (Phi) is 7.46. The fourth-order valence-corrected chi connectivity index (χ4v) is 3.13. The van der Waals surface area contributed by atoms with Crippen LogP contribution >= 0.6 is 0 Å². The summed E-state index contributed by atoms with van der Waals surface area (Å²) in [6.07, 6.45) is 2.51. The Morgan fingerprint density at radius 2 is 1.81 bits per heavy atom. The first kappa shape index (κ1) is 21.0. The molecule has 146 valence electrons. The lowest BCUT2D eigenvalue weighted by molar-refractivity contribution is -0.130. The molecule has 0 aromatic heterocycles. The molecule has 0 bridgehead atoms. The first-order valence-electron chi connectivity index (χ1n) is 9.89. The second-order valence-electron chi connectivity index (χ2n) is 7.95. The van der Waals surface area contributed by atoms with Crippen LogP contribution in [0.5, 0.6) is 5.75 Å². The molecule has 0 saturated heterocycles. The van der Waals surface area contributed by atoms with Crippen LogP contribution in [0, 0.1) is 19.3 Å². The molecule has 0 aliphatic heterocycles. The maximum Gasteiger partial charge on any atom is 0.226 e. The second-order valence-corrected chi connectivity index (χ2v) is 7.95. The Bertz CT molecular complexity index is 737. The Balaban J connectivity index is 1.85. The topological polar surface area (TPSA) is 38.3 Å². The third-order valence-electron chi connectivity index (χ3n) is 5.08. The van der Waals surface area contributed by atoms with Crippen molar-refractivity contribution in [2.45, 2.75) is 59.9 Å². The highest BCUT2D eigenvalue weighted by Crippen LogP contribution is 2.26. The molecule has 1 N–H and O–H groups in total. The number of amides is 1. The number of rotatable bonds is 9. The van der Waals surface area contributed by atoms with E-state index in [1.165, 1.54) is 5.56 Å². The Labute approximate surface area is 164 Å². The summed E-state index contributed by atoms with van der Waals surface area (Å²) in [4.78, 5) is 12.8. The predicted octanol–water partition coefficient (Wildman–Crippen LogP) is 5.76. The number of hydrogen-bond acceptors (Lipinski definition) is 2. The van der Waals surface area contributed by atoms with Crippen molar-refractivity contribution in [1.29, 1.82) is 0 Å². The van der Waals surface area contributed by atoms with Crippen LogP contribution in [-0.2, 0) is 4.79 Å². The fraction of sp³-hybridized carbons (Fsp3) is 0.458. The number of ether oxygens (including phenoxy) is 1. The summed E-state index contributed by atoms with van der Waals surface area (Å²) >= 11 is 0.